The monoisotopic (exact) mass is 245 g/mol. The molecule has 0 saturated carbocycles. The van der Waals surface area contributed by atoms with Crippen LogP contribution in [-0.4, -0.2) is 9.97 Å². The maximum atomic E-state index is 7.57. The summed E-state index contributed by atoms with van der Waals surface area (Å²) in [6.45, 7) is 0.302. The molecule has 0 saturated heterocycles. The number of benzene rings is 2. The van der Waals surface area contributed by atoms with E-state index in [4.69, 9.17) is 1.37 Å². The van der Waals surface area contributed by atoms with Crippen molar-refractivity contribution in [3.63, 3.8) is 0 Å². The minimum atomic E-state index is 0.302. The molecule has 0 aliphatic carbocycles. The zero-order chi connectivity index (χ0) is 13.5. The highest BCUT2D eigenvalue weighted by atomic mass is 14.6. The van der Waals surface area contributed by atoms with Gasteiger partial charge in [0.1, 0.15) is 0 Å². The summed E-state index contributed by atoms with van der Waals surface area (Å²) < 4.78 is 7.57. The van der Waals surface area contributed by atoms with Crippen LogP contribution in [0.1, 0.15) is 6.93 Å². The number of hydrogen-bond donors (Lipinski definition) is 0. The molecule has 0 fully saturated rings. The highest BCUT2D eigenvalue weighted by Gasteiger charge is 2.08. The molecule has 0 spiro atoms. The van der Waals surface area contributed by atoms with Crippen LogP contribution in [0.3, 0.4) is 0 Å². The van der Waals surface area contributed by atoms with E-state index in [-0.39, 0.29) is 0 Å². The Balaban J connectivity index is 2.35. The number of aromatic nitrogens is 2. The van der Waals surface area contributed by atoms with Crippen molar-refractivity contribution in [2.24, 2.45) is 0 Å². The van der Waals surface area contributed by atoms with Crippen molar-refractivity contribution in [1.29, 1.82) is 0 Å². The van der Waals surface area contributed by atoms with Crippen LogP contribution in [0.5, 0.6) is 0 Å². The van der Waals surface area contributed by atoms with Crippen LogP contribution in [-0.2, 0) is 0 Å². The number of fused-ring (bicyclic) bond motifs is 6. The number of hydrogen-bond acceptors (Lipinski definition) is 2. The summed E-state index contributed by atoms with van der Waals surface area (Å²) in [6, 6.07) is 10.3. The minimum Gasteiger partial charge on any atom is -0.264 e. The molecule has 0 amide bonds. The standard InChI is InChI=1S/C17H12N2/c1-11-2-3-12-13-4-6-18-9-16(13)17-10-19-7-5-14(17)15(12)8-11/h2-10H,1H3/i1D. The molecule has 4 aromatic rings. The van der Waals surface area contributed by atoms with E-state index in [1.807, 2.05) is 43.0 Å². The number of aryl methyl sites for hydroxylation is 1. The minimum absolute atomic E-state index is 0.302. The topological polar surface area (TPSA) is 25.8 Å². The van der Waals surface area contributed by atoms with E-state index < -0.39 is 0 Å². The summed E-state index contributed by atoms with van der Waals surface area (Å²) in [5.74, 6) is 0. The van der Waals surface area contributed by atoms with E-state index >= 15 is 0 Å². The molecular formula is C17H12N2. The molecule has 2 aromatic carbocycles. The molecule has 0 unspecified atom stereocenters. The van der Waals surface area contributed by atoms with Crippen molar-refractivity contribution < 1.29 is 1.37 Å². The molecule has 4 rings (SSSR count). The molecule has 0 atom stereocenters. The predicted octanol–water partition coefficient (Wildman–Crippen LogP) is 4.24. The molecule has 90 valence electrons. The fourth-order valence-electron chi connectivity index (χ4n) is 2.74. The normalized spacial score (nSPS) is 12.1. The summed E-state index contributed by atoms with van der Waals surface area (Å²) in [6.07, 6.45) is 7.43. The van der Waals surface area contributed by atoms with Crippen molar-refractivity contribution in [1.82, 2.24) is 9.97 Å². The van der Waals surface area contributed by atoms with Crippen LogP contribution in [0.15, 0.2) is 55.1 Å². The van der Waals surface area contributed by atoms with Crippen LogP contribution in [0.2, 0.25) is 0 Å². The van der Waals surface area contributed by atoms with Gasteiger partial charge in [0, 0.05) is 36.9 Å². The lowest BCUT2D eigenvalue weighted by Gasteiger charge is -2.09. The summed E-state index contributed by atoms with van der Waals surface area (Å²) in [5.41, 5.74) is 1.03. The van der Waals surface area contributed by atoms with E-state index in [0.717, 1.165) is 16.3 Å². The van der Waals surface area contributed by atoms with E-state index in [2.05, 4.69) is 22.1 Å². The van der Waals surface area contributed by atoms with E-state index in [1.54, 1.807) is 0 Å². The van der Waals surface area contributed by atoms with Crippen LogP contribution >= 0.6 is 0 Å². The fourth-order valence-corrected chi connectivity index (χ4v) is 2.74. The third kappa shape index (κ3) is 1.43. The highest BCUT2D eigenvalue weighted by molar-refractivity contribution is 6.24. The molecule has 0 radical (unpaired) electrons. The molecule has 2 heteroatoms. The van der Waals surface area contributed by atoms with Crippen LogP contribution in [0.25, 0.3) is 32.3 Å². The average molecular weight is 245 g/mol. The Kier molecular flexibility index (Phi) is 1.87. The largest absolute Gasteiger partial charge is 0.264 e. The molecule has 0 N–H and O–H groups in total. The average Bonchev–Trinajstić information content (AvgIpc) is 2.54. The van der Waals surface area contributed by atoms with Crippen LogP contribution in [0.4, 0.5) is 0 Å². The Morgan fingerprint density at radius 1 is 0.737 bits per heavy atom. The Bertz CT molecular complexity index is 912. The van der Waals surface area contributed by atoms with Crippen molar-refractivity contribution in [2.75, 3.05) is 0 Å². The first-order valence-electron chi connectivity index (χ1n) is 6.90. The second-order valence-corrected chi connectivity index (χ2v) is 4.72. The Hall–Kier alpha value is -2.48. The molecule has 2 aromatic heterocycles. The number of rotatable bonds is 0. The van der Waals surface area contributed by atoms with Gasteiger partial charge >= 0.3 is 0 Å². The second kappa shape index (κ2) is 3.75. The van der Waals surface area contributed by atoms with Gasteiger partial charge in [0.05, 0.1) is 0 Å². The van der Waals surface area contributed by atoms with Crippen molar-refractivity contribution in [2.45, 2.75) is 6.90 Å². The van der Waals surface area contributed by atoms with Crippen LogP contribution < -0.4 is 0 Å². The summed E-state index contributed by atoms with van der Waals surface area (Å²) in [7, 11) is 0. The van der Waals surface area contributed by atoms with Crippen molar-refractivity contribution in [3.8, 4) is 0 Å². The molecule has 2 nitrogen and oxygen atoms in total. The maximum Gasteiger partial charge on any atom is 0.0353 e. The van der Waals surface area contributed by atoms with Gasteiger partial charge in [-0.2, -0.15) is 0 Å². The fraction of sp³-hybridized carbons (Fsp3) is 0.0588. The highest BCUT2D eigenvalue weighted by Crippen LogP contribution is 2.34. The summed E-state index contributed by atoms with van der Waals surface area (Å²) in [4.78, 5) is 8.49. The molecule has 19 heavy (non-hydrogen) atoms. The summed E-state index contributed by atoms with van der Waals surface area (Å²) in [5, 5.41) is 6.99. The van der Waals surface area contributed by atoms with Gasteiger partial charge in [0.15, 0.2) is 0 Å². The van der Waals surface area contributed by atoms with E-state index in [1.165, 1.54) is 21.5 Å². The quantitative estimate of drug-likeness (QED) is 0.433. The Morgan fingerprint density at radius 3 is 2.05 bits per heavy atom. The van der Waals surface area contributed by atoms with Gasteiger partial charge in [0.25, 0.3) is 0 Å². The Labute approximate surface area is 112 Å². The molecule has 0 aliphatic rings. The predicted molar refractivity (Wildman–Crippen MR) is 79.3 cm³/mol. The zero-order valence-electron chi connectivity index (χ0n) is 11.3. The van der Waals surface area contributed by atoms with Gasteiger partial charge in [0.2, 0.25) is 0 Å². The van der Waals surface area contributed by atoms with Gasteiger partial charge in [-0.3, -0.25) is 9.97 Å². The molecule has 2 heterocycles. The number of pyridine rings is 2. The van der Waals surface area contributed by atoms with Gasteiger partial charge in [-0.05, 0) is 40.6 Å². The smallest absolute Gasteiger partial charge is 0.0353 e. The number of nitrogens with zero attached hydrogens (tertiary/aromatic N) is 2. The summed E-state index contributed by atoms with van der Waals surface area (Å²) >= 11 is 0. The third-order valence-electron chi connectivity index (χ3n) is 3.60. The second-order valence-electron chi connectivity index (χ2n) is 4.72. The first-order chi connectivity index (χ1) is 9.88. The molecule has 0 aliphatic heterocycles. The lowest BCUT2D eigenvalue weighted by molar-refractivity contribution is 1.35. The van der Waals surface area contributed by atoms with E-state index in [9.17, 15) is 0 Å². The maximum absolute atomic E-state index is 7.57. The first-order valence-corrected chi connectivity index (χ1v) is 6.20. The SMILES string of the molecule is [2H]Cc1ccc2c3ccncc3c3cnccc3c2c1. The first kappa shape index (κ1) is 9.45. The lowest BCUT2D eigenvalue weighted by Crippen LogP contribution is -1.85. The zero-order valence-corrected chi connectivity index (χ0v) is 10.3. The van der Waals surface area contributed by atoms with Gasteiger partial charge in [-0.1, -0.05) is 23.8 Å². The molecular weight excluding hydrogens is 232 g/mol. The van der Waals surface area contributed by atoms with Crippen LogP contribution in [0, 0.1) is 6.90 Å². The lowest BCUT2D eigenvalue weighted by atomic mass is 9.96. The van der Waals surface area contributed by atoms with Crippen molar-refractivity contribution in [3.05, 3.63) is 60.7 Å². The van der Waals surface area contributed by atoms with Gasteiger partial charge < -0.3 is 0 Å². The molecule has 0 bridgehead atoms. The van der Waals surface area contributed by atoms with E-state index in [0.29, 0.717) is 6.90 Å². The van der Waals surface area contributed by atoms with Gasteiger partial charge in [-0.25, -0.2) is 0 Å². The van der Waals surface area contributed by atoms with Gasteiger partial charge in [-0.15, -0.1) is 0 Å². The van der Waals surface area contributed by atoms with Crippen molar-refractivity contribution >= 4 is 32.3 Å². The third-order valence-corrected chi connectivity index (χ3v) is 3.60. The Morgan fingerprint density at radius 2 is 1.37 bits per heavy atom.